The lowest BCUT2D eigenvalue weighted by Gasteiger charge is -2.17. The van der Waals surface area contributed by atoms with Crippen molar-refractivity contribution in [2.24, 2.45) is 0 Å². The predicted molar refractivity (Wildman–Crippen MR) is 239 cm³/mol. The van der Waals surface area contributed by atoms with E-state index in [1.54, 1.807) is 0 Å². The lowest BCUT2D eigenvalue weighted by atomic mass is 9.90. The van der Waals surface area contributed by atoms with Crippen LogP contribution in [0.1, 0.15) is 0 Å². The highest BCUT2D eigenvalue weighted by Crippen LogP contribution is 2.42. The first kappa shape index (κ1) is 32.8. The summed E-state index contributed by atoms with van der Waals surface area (Å²) in [5.74, 6) is 0. The Balaban J connectivity index is 1.12. The summed E-state index contributed by atoms with van der Waals surface area (Å²) in [5, 5.41) is 6.00. The van der Waals surface area contributed by atoms with Crippen LogP contribution in [0, 0.1) is 0 Å². The maximum Gasteiger partial charge on any atom is 0.0728 e. The molecule has 0 amide bonds. The molecule has 57 heavy (non-hydrogen) atoms. The fourth-order valence-electron chi connectivity index (χ4n) is 8.52. The van der Waals surface area contributed by atoms with Gasteiger partial charge in [-0.2, -0.15) is 0 Å². The van der Waals surface area contributed by atoms with Gasteiger partial charge in [-0.3, -0.25) is 0 Å². The van der Waals surface area contributed by atoms with Crippen LogP contribution in [0.25, 0.3) is 105 Å². The van der Waals surface area contributed by atoms with E-state index in [4.69, 9.17) is 9.97 Å². The zero-order chi connectivity index (χ0) is 37.7. The zero-order valence-corrected chi connectivity index (χ0v) is 31.0. The molecule has 0 saturated heterocycles. The van der Waals surface area contributed by atoms with Gasteiger partial charge in [0.15, 0.2) is 0 Å². The number of pyridine rings is 2. The SMILES string of the molecule is c1ccc(-c2cc(-c3cc4nc(-c5ccccc5)cc(-c5ccccc5)c4c4ccccc34)cc(-c3ccc(-n4c5ccccc5c5ccccc54)cc3)n2)cc1. The van der Waals surface area contributed by atoms with Gasteiger partial charge >= 0.3 is 0 Å². The van der Waals surface area contributed by atoms with Gasteiger partial charge in [-0.05, 0) is 81.6 Å². The molecular formula is C54H35N3. The van der Waals surface area contributed by atoms with Gasteiger partial charge in [-0.25, -0.2) is 9.97 Å². The number of aromatic nitrogens is 3. The summed E-state index contributed by atoms with van der Waals surface area (Å²) in [6.07, 6.45) is 0. The van der Waals surface area contributed by atoms with Crippen molar-refractivity contribution < 1.29 is 0 Å². The molecular weight excluding hydrogens is 691 g/mol. The molecule has 0 spiro atoms. The van der Waals surface area contributed by atoms with Gasteiger partial charge in [-0.1, -0.05) is 164 Å². The van der Waals surface area contributed by atoms with E-state index in [0.29, 0.717) is 0 Å². The van der Waals surface area contributed by atoms with Gasteiger partial charge in [0.25, 0.3) is 0 Å². The molecule has 3 heteroatoms. The largest absolute Gasteiger partial charge is 0.309 e. The van der Waals surface area contributed by atoms with Crippen LogP contribution in [0.5, 0.6) is 0 Å². The molecule has 0 bridgehead atoms. The third kappa shape index (κ3) is 5.68. The normalized spacial score (nSPS) is 11.5. The summed E-state index contributed by atoms with van der Waals surface area (Å²) in [6.45, 7) is 0. The lowest BCUT2D eigenvalue weighted by molar-refractivity contribution is 1.18. The van der Waals surface area contributed by atoms with Crippen LogP contribution in [-0.4, -0.2) is 14.5 Å². The Morgan fingerprint density at radius 3 is 1.33 bits per heavy atom. The Morgan fingerprint density at radius 2 is 0.754 bits per heavy atom. The number of hydrogen-bond donors (Lipinski definition) is 0. The second kappa shape index (κ2) is 13.6. The van der Waals surface area contributed by atoms with Gasteiger partial charge in [0.2, 0.25) is 0 Å². The number of hydrogen-bond acceptors (Lipinski definition) is 2. The first-order valence-corrected chi connectivity index (χ1v) is 19.4. The average Bonchev–Trinajstić information content (AvgIpc) is 3.63. The Morgan fingerprint density at radius 1 is 0.298 bits per heavy atom. The molecule has 266 valence electrons. The van der Waals surface area contributed by atoms with Crippen LogP contribution in [0.2, 0.25) is 0 Å². The average molecular weight is 726 g/mol. The van der Waals surface area contributed by atoms with Crippen molar-refractivity contribution in [3.05, 3.63) is 212 Å². The predicted octanol–water partition coefficient (Wildman–Crippen LogP) is 14.2. The summed E-state index contributed by atoms with van der Waals surface area (Å²) >= 11 is 0. The Labute approximate surface area is 330 Å². The molecule has 11 aromatic rings. The van der Waals surface area contributed by atoms with Crippen molar-refractivity contribution in [1.82, 2.24) is 14.5 Å². The third-order valence-electron chi connectivity index (χ3n) is 11.2. The number of para-hydroxylation sites is 2. The molecule has 8 aromatic carbocycles. The second-order valence-corrected chi connectivity index (χ2v) is 14.6. The molecule has 0 aliphatic carbocycles. The molecule has 3 heterocycles. The van der Waals surface area contributed by atoms with Crippen molar-refractivity contribution >= 4 is 43.5 Å². The van der Waals surface area contributed by atoms with E-state index in [9.17, 15) is 0 Å². The van der Waals surface area contributed by atoms with E-state index in [2.05, 4.69) is 217 Å². The first-order chi connectivity index (χ1) is 28.3. The van der Waals surface area contributed by atoms with E-state index in [1.807, 2.05) is 0 Å². The minimum atomic E-state index is 0.917. The van der Waals surface area contributed by atoms with Gasteiger partial charge in [0.1, 0.15) is 0 Å². The van der Waals surface area contributed by atoms with E-state index in [0.717, 1.165) is 61.5 Å². The topological polar surface area (TPSA) is 30.7 Å². The number of rotatable bonds is 6. The zero-order valence-electron chi connectivity index (χ0n) is 31.0. The monoisotopic (exact) mass is 725 g/mol. The summed E-state index contributed by atoms with van der Waals surface area (Å²) in [4.78, 5) is 10.7. The van der Waals surface area contributed by atoms with E-state index >= 15 is 0 Å². The van der Waals surface area contributed by atoms with E-state index in [-0.39, 0.29) is 0 Å². The highest BCUT2D eigenvalue weighted by atomic mass is 15.0. The number of fused-ring (bicyclic) bond motifs is 6. The van der Waals surface area contributed by atoms with Crippen molar-refractivity contribution in [3.8, 4) is 61.7 Å². The molecule has 0 aliphatic heterocycles. The summed E-state index contributed by atoms with van der Waals surface area (Å²) in [5.41, 5.74) is 15.0. The highest BCUT2D eigenvalue weighted by Gasteiger charge is 2.18. The quantitative estimate of drug-likeness (QED) is 0.160. The molecule has 0 fully saturated rings. The van der Waals surface area contributed by atoms with E-state index in [1.165, 1.54) is 43.7 Å². The number of benzene rings is 8. The summed E-state index contributed by atoms with van der Waals surface area (Å²) in [6, 6.07) is 75.6. The molecule has 0 N–H and O–H groups in total. The molecule has 0 saturated carbocycles. The maximum atomic E-state index is 5.39. The van der Waals surface area contributed by atoms with Crippen LogP contribution in [0.4, 0.5) is 0 Å². The smallest absolute Gasteiger partial charge is 0.0728 e. The fourth-order valence-corrected chi connectivity index (χ4v) is 8.52. The molecule has 3 nitrogen and oxygen atoms in total. The Kier molecular flexibility index (Phi) is 7.82. The van der Waals surface area contributed by atoms with E-state index < -0.39 is 0 Å². The van der Waals surface area contributed by atoms with Gasteiger partial charge in [-0.15, -0.1) is 0 Å². The Hall–Kier alpha value is -7.62. The van der Waals surface area contributed by atoms with Crippen molar-refractivity contribution in [2.45, 2.75) is 0 Å². The minimum Gasteiger partial charge on any atom is -0.309 e. The van der Waals surface area contributed by atoms with Crippen LogP contribution < -0.4 is 0 Å². The third-order valence-corrected chi connectivity index (χ3v) is 11.2. The fraction of sp³-hybridized carbons (Fsp3) is 0. The van der Waals surface area contributed by atoms with Crippen molar-refractivity contribution in [2.75, 3.05) is 0 Å². The molecule has 0 atom stereocenters. The highest BCUT2D eigenvalue weighted by molar-refractivity contribution is 6.18. The second-order valence-electron chi connectivity index (χ2n) is 14.6. The molecule has 0 radical (unpaired) electrons. The summed E-state index contributed by atoms with van der Waals surface area (Å²) in [7, 11) is 0. The molecule has 11 rings (SSSR count). The van der Waals surface area contributed by atoms with Gasteiger partial charge in [0, 0.05) is 38.5 Å². The molecule has 0 aliphatic rings. The van der Waals surface area contributed by atoms with Crippen LogP contribution in [0.3, 0.4) is 0 Å². The van der Waals surface area contributed by atoms with Crippen LogP contribution in [0.15, 0.2) is 212 Å². The van der Waals surface area contributed by atoms with Crippen LogP contribution in [-0.2, 0) is 0 Å². The summed E-state index contributed by atoms with van der Waals surface area (Å²) < 4.78 is 2.36. The molecule has 3 aromatic heterocycles. The van der Waals surface area contributed by atoms with Gasteiger partial charge in [0.05, 0.1) is 33.6 Å². The van der Waals surface area contributed by atoms with Crippen molar-refractivity contribution in [3.63, 3.8) is 0 Å². The van der Waals surface area contributed by atoms with Gasteiger partial charge < -0.3 is 4.57 Å². The van der Waals surface area contributed by atoms with Crippen LogP contribution >= 0.6 is 0 Å². The minimum absolute atomic E-state index is 0.917. The standard InChI is InChI=1S/C54H35N3/c1-4-16-36(17-5-1)47-35-50(38-20-8-3-9-21-38)56-51-34-46(42-22-10-11-25-45(42)54(47)51)40-32-48(37-18-6-2-7-19-37)55-49(33-40)39-28-30-41(31-29-39)57-52-26-14-12-23-43(52)44-24-13-15-27-53(44)57/h1-35H. The Bertz CT molecular complexity index is 3200. The first-order valence-electron chi connectivity index (χ1n) is 19.4. The van der Waals surface area contributed by atoms with Crippen molar-refractivity contribution in [1.29, 1.82) is 0 Å². The molecule has 0 unspecified atom stereocenters. The maximum absolute atomic E-state index is 5.39. The lowest BCUT2D eigenvalue weighted by Crippen LogP contribution is -1.96. The number of nitrogens with zero attached hydrogens (tertiary/aromatic N) is 3.